The summed E-state index contributed by atoms with van der Waals surface area (Å²) in [6.45, 7) is 6.63. The van der Waals surface area contributed by atoms with Crippen LogP contribution in [0.1, 0.15) is 348 Å². The van der Waals surface area contributed by atoms with Crippen molar-refractivity contribution in [2.24, 2.45) is 0 Å². The van der Waals surface area contributed by atoms with Gasteiger partial charge in [-0.15, -0.1) is 0 Å². The van der Waals surface area contributed by atoms with Gasteiger partial charge in [0.2, 0.25) is 0 Å². The van der Waals surface area contributed by atoms with Gasteiger partial charge in [0, 0.05) is 19.3 Å². The van der Waals surface area contributed by atoms with E-state index >= 15 is 0 Å². The van der Waals surface area contributed by atoms with Crippen LogP contribution in [0.15, 0.2) is 12.2 Å². The van der Waals surface area contributed by atoms with Crippen molar-refractivity contribution in [2.45, 2.75) is 354 Å². The fraction of sp³-hybridized carbons (Fsp3) is 0.919. The lowest BCUT2D eigenvalue weighted by atomic mass is 10.0. The van der Waals surface area contributed by atoms with Crippen LogP contribution in [0.5, 0.6) is 0 Å². The lowest BCUT2D eigenvalue weighted by Crippen LogP contribution is -2.30. The van der Waals surface area contributed by atoms with Crippen molar-refractivity contribution >= 4 is 17.9 Å². The fourth-order valence-electron chi connectivity index (χ4n) is 9.38. The monoisotopic (exact) mass is 959 g/mol. The molecule has 0 aromatic carbocycles. The number of carbonyl (C=O) groups excluding carboxylic acids is 3. The van der Waals surface area contributed by atoms with Crippen LogP contribution in [0, 0.1) is 0 Å². The molecule has 0 bridgehead atoms. The number of allylic oxidation sites excluding steroid dienone is 2. The van der Waals surface area contributed by atoms with Crippen LogP contribution in [0.25, 0.3) is 0 Å². The normalized spacial score (nSPS) is 12.0. The highest BCUT2D eigenvalue weighted by atomic mass is 16.6. The molecular formula is C62H118O6. The Morgan fingerprint density at radius 1 is 0.279 bits per heavy atom. The molecule has 0 spiro atoms. The number of esters is 3. The molecule has 0 aromatic heterocycles. The molecule has 0 saturated carbocycles. The maximum Gasteiger partial charge on any atom is 0.306 e. The molecule has 0 amide bonds. The molecule has 0 rings (SSSR count). The minimum Gasteiger partial charge on any atom is -0.462 e. The third-order valence-electron chi connectivity index (χ3n) is 14.0. The first-order valence-electron chi connectivity index (χ1n) is 30.7. The smallest absolute Gasteiger partial charge is 0.306 e. The van der Waals surface area contributed by atoms with E-state index in [9.17, 15) is 14.4 Å². The minimum absolute atomic E-state index is 0.0685. The Bertz CT molecular complexity index is 1060. The first-order chi connectivity index (χ1) is 33.5. The quantitative estimate of drug-likeness (QED) is 0.0262. The van der Waals surface area contributed by atoms with Crippen molar-refractivity contribution in [3.63, 3.8) is 0 Å². The minimum atomic E-state index is -0.767. The molecule has 0 heterocycles. The summed E-state index contributed by atoms with van der Waals surface area (Å²) in [7, 11) is 0. The molecule has 0 fully saturated rings. The van der Waals surface area contributed by atoms with E-state index in [1.165, 1.54) is 244 Å². The Morgan fingerprint density at radius 3 is 0.750 bits per heavy atom. The second-order valence-electron chi connectivity index (χ2n) is 21.0. The zero-order chi connectivity index (χ0) is 49.3. The Kier molecular flexibility index (Phi) is 56.2. The van der Waals surface area contributed by atoms with E-state index in [0.717, 1.165) is 64.2 Å². The van der Waals surface area contributed by atoms with Gasteiger partial charge in [-0.05, 0) is 44.9 Å². The molecule has 0 aliphatic carbocycles. The zero-order valence-corrected chi connectivity index (χ0v) is 46.2. The summed E-state index contributed by atoms with van der Waals surface area (Å²) in [6.07, 6.45) is 66.9. The third-order valence-corrected chi connectivity index (χ3v) is 14.0. The maximum atomic E-state index is 12.8. The first kappa shape index (κ1) is 66.2. The van der Waals surface area contributed by atoms with Crippen LogP contribution < -0.4 is 0 Å². The number of ether oxygens (including phenoxy) is 3. The second-order valence-corrected chi connectivity index (χ2v) is 21.0. The first-order valence-corrected chi connectivity index (χ1v) is 30.7. The Labute approximate surface area is 424 Å². The van der Waals surface area contributed by atoms with Gasteiger partial charge in [-0.3, -0.25) is 14.4 Å². The van der Waals surface area contributed by atoms with E-state index in [2.05, 4.69) is 32.9 Å². The fourth-order valence-corrected chi connectivity index (χ4v) is 9.38. The standard InChI is InChI=1S/C62H118O6/c1-4-7-10-13-16-18-20-22-23-24-25-26-27-28-29-30-31-32-33-34-35-36-37-38-40-41-43-46-49-52-55-61(64)67-58-59(57-66-60(63)54-51-48-45-15-12-9-6-3)68-62(65)56-53-50-47-44-42-39-21-19-17-14-11-8-5-2/h19,21,59H,4-18,20,22-58H2,1-3H3/b21-19-. The van der Waals surface area contributed by atoms with Crippen molar-refractivity contribution in [3.8, 4) is 0 Å². The van der Waals surface area contributed by atoms with Crippen LogP contribution in [0.3, 0.4) is 0 Å². The molecule has 0 aliphatic heterocycles. The molecule has 0 N–H and O–H groups in total. The van der Waals surface area contributed by atoms with Crippen molar-refractivity contribution < 1.29 is 28.6 Å². The lowest BCUT2D eigenvalue weighted by Gasteiger charge is -2.18. The van der Waals surface area contributed by atoms with E-state index in [1.54, 1.807) is 0 Å². The van der Waals surface area contributed by atoms with Gasteiger partial charge >= 0.3 is 17.9 Å². The molecule has 6 nitrogen and oxygen atoms in total. The van der Waals surface area contributed by atoms with Crippen molar-refractivity contribution in [3.05, 3.63) is 12.2 Å². The van der Waals surface area contributed by atoms with E-state index in [4.69, 9.17) is 14.2 Å². The molecule has 1 unspecified atom stereocenters. The largest absolute Gasteiger partial charge is 0.462 e. The molecular weight excluding hydrogens is 841 g/mol. The van der Waals surface area contributed by atoms with Gasteiger partial charge in [-0.2, -0.15) is 0 Å². The summed E-state index contributed by atoms with van der Waals surface area (Å²) in [4.78, 5) is 37.9. The number of carbonyl (C=O) groups is 3. The topological polar surface area (TPSA) is 78.9 Å². The molecule has 0 aromatic rings. The van der Waals surface area contributed by atoms with E-state index in [0.29, 0.717) is 19.3 Å². The molecule has 6 heteroatoms. The van der Waals surface area contributed by atoms with Crippen LogP contribution >= 0.6 is 0 Å². The number of unbranched alkanes of at least 4 members (excludes halogenated alkanes) is 44. The SMILES string of the molecule is CCCCCC/C=C\CCCCCCCC(=O)OC(COC(=O)CCCCCCCCC)COC(=O)CCCCCCCCCCCCCCCCCCCCCCCCCCCCCCCC. The molecule has 0 aliphatic rings. The average Bonchev–Trinajstić information content (AvgIpc) is 3.34. The van der Waals surface area contributed by atoms with Crippen LogP contribution in [0.2, 0.25) is 0 Å². The summed E-state index contributed by atoms with van der Waals surface area (Å²) in [6, 6.07) is 0. The number of hydrogen-bond acceptors (Lipinski definition) is 6. The summed E-state index contributed by atoms with van der Waals surface area (Å²) >= 11 is 0. The second kappa shape index (κ2) is 57.7. The van der Waals surface area contributed by atoms with Crippen molar-refractivity contribution in [1.29, 1.82) is 0 Å². The lowest BCUT2D eigenvalue weighted by molar-refractivity contribution is -0.167. The highest BCUT2D eigenvalue weighted by Gasteiger charge is 2.19. The summed E-state index contributed by atoms with van der Waals surface area (Å²) in [5, 5.41) is 0. The molecule has 402 valence electrons. The Morgan fingerprint density at radius 2 is 0.485 bits per heavy atom. The van der Waals surface area contributed by atoms with Gasteiger partial charge < -0.3 is 14.2 Å². The average molecular weight is 960 g/mol. The number of rotatable bonds is 57. The van der Waals surface area contributed by atoms with Crippen molar-refractivity contribution in [1.82, 2.24) is 0 Å². The van der Waals surface area contributed by atoms with Crippen LogP contribution in [-0.2, 0) is 28.6 Å². The van der Waals surface area contributed by atoms with Gasteiger partial charge in [0.1, 0.15) is 13.2 Å². The summed E-state index contributed by atoms with van der Waals surface area (Å²) < 4.78 is 16.8. The summed E-state index contributed by atoms with van der Waals surface area (Å²) in [5.41, 5.74) is 0. The van der Waals surface area contributed by atoms with Gasteiger partial charge in [-0.25, -0.2) is 0 Å². The van der Waals surface area contributed by atoms with Gasteiger partial charge in [0.05, 0.1) is 0 Å². The molecule has 68 heavy (non-hydrogen) atoms. The summed E-state index contributed by atoms with van der Waals surface area (Å²) in [5.74, 6) is -0.864. The zero-order valence-electron chi connectivity index (χ0n) is 46.2. The number of hydrogen-bond donors (Lipinski definition) is 0. The molecule has 0 radical (unpaired) electrons. The maximum absolute atomic E-state index is 12.8. The van der Waals surface area contributed by atoms with E-state index in [-0.39, 0.29) is 31.1 Å². The van der Waals surface area contributed by atoms with E-state index < -0.39 is 6.10 Å². The van der Waals surface area contributed by atoms with Gasteiger partial charge in [-0.1, -0.05) is 296 Å². The van der Waals surface area contributed by atoms with Crippen LogP contribution in [0.4, 0.5) is 0 Å². The van der Waals surface area contributed by atoms with E-state index in [1.807, 2.05) is 0 Å². The van der Waals surface area contributed by atoms with Gasteiger partial charge in [0.25, 0.3) is 0 Å². The highest BCUT2D eigenvalue weighted by molar-refractivity contribution is 5.71. The predicted molar refractivity (Wildman–Crippen MR) is 293 cm³/mol. The Hall–Kier alpha value is -1.85. The molecule has 1 atom stereocenters. The Balaban J connectivity index is 3.94. The highest BCUT2D eigenvalue weighted by Crippen LogP contribution is 2.18. The predicted octanol–water partition coefficient (Wildman–Crippen LogP) is 20.5. The van der Waals surface area contributed by atoms with Crippen LogP contribution in [-0.4, -0.2) is 37.2 Å². The van der Waals surface area contributed by atoms with Crippen molar-refractivity contribution in [2.75, 3.05) is 13.2 Å². The van der Waals surface area contributed by atoms with Gasteiger partial charge in [0.15, 0.2) is 6.10 Å². The molecule has 0 saturated heterocycles. The third kappa shape index (κ3) is 55.1.